The van der Waals surface area contributed by atoms with E-state index in [1.54, 1.807) is 0 Å². The van der Waals surface area contributed by atoms with E-state index in [0.29, 0.717) is 0 Å². The van der Waals surface area contributed by atoms with E-state index in [1.165, 1.54) is 0 Å². The van der Waals surface area contributed by atoms with E-state index in [9.17, 15) is 18.0 Å². The van der Waals surface area contributed by atoms with E-state index in [-0.39, 0.29) is 25.6 Å². The number of ether oxygens (including phenoxy) is 1. The highest BCUT2D eigenvalue weighted by atomic mass is 19.4. The molecule has 3 N–H and O–H groups in total. The number of nitrogens with zero attached hydrogens (tertiary/aromatic N) is 1. The first kappa shape index (κ1) is 14.2. The molecule has 8 heteroatoms. The zero-order valence-electron chi connectivity index (χ0n) is 9.33. The van der Waals surface area contributed by atoms with Gasteiger partial charge in [0, 0.05) is 12.7 Å². The van der Waals surface area contributed by atoms with Gasteiger partial charge in [-0.05, 0) is 12.1 Å². The summed E-state index contributed by atoms with van der Waals surface area (Å²) in [7, 11) is 0. The fraction of sp³-hybridized carbons (Fsp3) is 0.400. The third kappa shape index (κ3) is 5.00. The first-order valence-corrected chi connectivity index (χ1v) is 5.03. The molecular weight excluding hydrogens is 251 g/mol. The summed E-state index contributed by atoms with van der Waals surface area (Å²) in [5, 5.41) is 2.64. The topological polar surface area (TPSA) is 77.2 Å². The Kier molecular flexibility index (Phi) is 4.90. The average molecular weight is 263 g/mol. The Morgan fingerprint density at radius 2 is 2.22 bits per heavy atom. The molecule has 0 aliphatic heterocycles. The number of hydrogen-bond acceptors (Lipinski definition) is 4. The van der Waals surface area contributed by atoms with Crippen LogP contribution in [0.2, 0.25) is 0 Å². The molecule has 1 aromatic heterocycles. The molecule has 0 unspecified atom stereocenters. The van der Waals surface area contributed by atoms with Crippen LogP contribution in [0.1, 0.15) is 5.56 Å². The van der Waals surface area contributed by atoms with Crippen LogP contribution in [0.5, 0.6) is 0 Å². The SMILES string of the molecule is NC(=O)COCCNc1cc(C(F)(F)F)ccn1. The summed E-state index contributed by atoms with van der Waals surface area (Å²) in [5.74, 6) is -0.514. The number of aromatic nitrogens is 1. The first-order chi connectivity index (χ1) is 8.39. The Morgan fingerprint density at radius 1 is 1.50 bits per heavy atom. The quantitative estimate of drug-likeness (QED) is 0.751. The zero-order chi connectivity index (χ0) is 13.6. The Balaban J connectivity index is 2.41. The number of carbonyl (C=O) groups excluding carboxylic acids is 1. The summed E-state index contributed by atoms with van der Waals surface area (Å²) in [4.78, 5) is 14.1. The Morgan fingerprint density at radius 3 is 2.83 bits per heavy atom. The molecule has 100 valence electrons. The molecule has 1 heterocycles. The van der Waals surface area contributed by atoms with Crippen molar-refractivity contribution in [3.8, 4) is 0 Å². The van der Waals surface area contributed by atoms with Gasteiger partial charge in [0.2, 0.25) is 5.91 Å². The molecule has 1 amide bonds. The van der Waals surface area contributed by atoms with Gasteiger partial charge in [-0.3, -0.25) is 4.79 Å². The normalized spacial score (nSPS) is 11.3. The number of nitrogens with one attached hydrogen (secondary N) is 1. The average Bonchev–Trinajstić information content (AvgIpc) is 2.27. The molecular formula is C10H12F3N3O2. The number of nitrogens with two attached hydrogens (primary N) is 1. The highest BCUT2D eigenvalue weighted by Crippen LogP contribution is 2.29. The molecule has 0 radical (unpaired) electrons. The predicted octanol–water partition coefficient (Wildman–Crippen LogP) is 1.01. The van der Waals surface area contributed by atoms with Crippen LogP contribution < -0.4 is 11.1 Å². The Hall–Kier alpha value is -1.83. The van der Waals surface area contributed by atoms with Crippen LogP contribution in [0, 0.1) is 0 Å². The largest absolute Gasteiger partial charge is 0.416 e. The number of anilines is 1. The van der Waals surface area contributed by atoms with E-state index in [0.717, 1.165) is 18.3 Å². The van der Waals surface area contributed by atoms with Crippen molar-refractivity contribution >= 4 is 11.7 Å². The van der Waals surface area contributed by atoms with Gasteiger partial charge in [0.25, 0.3) is 0 Å². The summed E-state index contributed by atoms with van der Waals surface area (Å²) in [6, 6.07) is 1.78. The number of primary amides is 1. The lowest BCUT2D eigenvalue weighted by Gasteiger charge is -2.09. The second-order valence-corrected chi connectivity index (χ2v) is 3.37. The number of amides is 1. The Bertz CT molecular complexity index is 410. The van der Waals surface area contributed by atoms with Gasteiger partial charge in [-0.25, -0.2) is 4.98 Å². The molecule has 0 aliphatic carbocycles. The molecule has 0 aromatic carbocycles. The maximum atomic E-state index is 12.4. The summed E-state index contributed by atoms with van der Waals surface area (Å²) >= 11 is 0. The van der Waals surface area contributed by atoms with Crippen molar-refractivity contribution < 1.29 is 22.7 Å². The molecule has 0 saturated heterocycles. The molecule has 5 nitrogen and oxygen atoms in total. The monoisotopic (exact) mass is 263 g/mol. The second kappa shape index (κ2) is 6.20. The number of rotatable bonds is 6. The minimum atomic E-state index is -4.40. The summed E-state index contributed by atoms with van der Waals surface area (Å²) in [5.41, 5.74) is 4.05. The summed E-state index contributed by atoms with van der Waals surface area (Å²) in [6.45, 7) is 0.139. The van der Waals surface area contributed by atoms with Gasteiger partial charge in [0.05, 0.1) is 12.2 Å². The lowest BCUT2D eigenvalue weighted by molar-refractivity contribution is -0.137. The van der Waals surface area contributed by atoms with Gasteiger partial charge in [0.15, 0.2) is 0 Å². The van der Waals surface area contributed by atoms with Crippen LogP contribution in [0.25, 0.3) is 0 Å². The molecule has 1 rings (SSSR count). The van der Waals surface area contributed by atoms with Crippen LogP contribution in [0.15, 0.2) is 18.3 Å². The van der Waals surface area contributed by atoms with Crippen molar-refractivity contribution in [3.05, 3.63) is 23.9 Å². The highest BCUT2D eigenvalue weighted by Gasteiger charge is 2.30. The van der Waals surface area contributed by atoms with E-state index in [1.807, 2.05) is 0 Å². The van der Waals surface area contributed by atoms with Crippen molar-refractivity contribution in [1.29, 1.82) is 0 Å². The highest BCUT2D eigenvalue weighted by molar-refractivity contribution is 5.74. The third-order valence-electron chi connectivity index (χ3n) is 1.88. The van der Waals surface area contributed by atoms with Gasteiger partial charge < -0.3 is 15.8 Å². The molecule has 0 spiro atoms. The minimum absolute atomic E-state index is 0.0903. The molecule has 0 fully saturated rings. The van der Waals surface area contributed by atoms with Gasteiger partial charge in [0.1, 0.15) is 12.4 Å². The van der Waals surface area contributed by atoms with Crippen LogP contribution in [-0.4, -0.2) is 30.6 Å². The van der Waals surface area contributed by atoms with E-state index >= 15 is 0 Å². The van der Waals surface area contributed by atoms with Crippen molar-refractivity contribution in [1.82, 2.24) is 4.98 Å². The van der Waals surface area contributed by atoms with Crippen LogP contribution in [-0.2, 0) is 15.7 Å². The maximum Gasteiger partial charge on any atom is 0.416 e. The number of carbonyl (C=O) groups is 1. The number of pyridine rings is 1. The molecule has 0 atom stereocenters. The van der Waals surface area contributed by atoms with Crippen LogP contribution in [0.3, 0.4) is 0 Å². The van der Waals surface area contributed by atoms with Crippen molar-refractivity contribution in [2.75, 3.05) is 25.1 Å². The van der Waals surface area contributed by atoms with Crippen LogP contribution >= 0.6 is 0 Å². The molecule has 0 saturated carbocycles. The van der Waals surface area contributed by atoms with Crippen molar-refractivity contribution in [3.63, 3.8) is 0 Å². The lowest BCUT2D eigenvalue weighted by atomic mass is 10.2. The number of hydrogen-bond donors (Lipinski definition) is 2. The van der Waals surface area contributed by atoms with Gasteiger partial charge in [-0.2, -0.15) is 13.2 Å². The number of alkyl halides is 3. The van der Waals surface area contributed by atoms with Crippen molar-refractivity contribution in [2.45, 2.75) is 6.18 Å². The zero-order valence-corrected chi connectivity index (χ0v) is 9.33. The van der Waals surface area contributed by atoms with Gasteiger partial charge in [-0.15, -0.1) is 0 Å². The Labute approximate surface area is 101 Å². The molecule has 1 aromatic rings. The molecule has 0 aliphatic rings. The summed E-state index contributed by atoms with van der Waals surface area (Å²) in [6.07, 6.45) is -3.34. The predicted molar refractivity (Wildman–Crippen MR) is 57.7 cm³/mol. The second-order valence-electron chi connectivity index (χ2n) is 3.37. The third-order valence-corrected chi connectivity index (χ3v) is 1.88. The van der Waals surface area contributed by atoms with Crippen molar-refractivity contribution in [2.24, 2.45) is 5.73 Å². The smallest absolute Gasteiger partial charge is 0.370 e. The van der Waals surface area contributed by atoms with E-state index < -0.39 is 17.6 Å². The maximum absolute atomic E-state index is 12.4. The molecule has 0 bridgehead atoms. The standard InChI is InChI=1S/C10H12F3N3O2/c11-10(12,13)7-1-2-15-9(5-7)16-3-4-18-6-8(14)17/h1-2,5H,3-4,6H2,(H2,14,17)(H,15,16). The van der Waals surface area contributed by atoms with Gasteiger partial charge in [-0.1, -0.05) is 0 Å². The fourth-order valence-corrected chi connectivity index (χ4v) is 1.13. The summed E-state index contributed by atoms with van der Waals surface area (Å²) < 4.78 is 41.9. The van der Waals surface area contributed by atoms with E-state index in [4.69, 9.17) is 10.5 Å². The molecule has 18 heavy (non-hydrogen) atoms. The fourth-order valence-electron chi connectivity index (χ4n) is 1.13. The first-order valence-electron chi connectivity index (χ1n) is 5.03. The number of halogens is 3. The lowest BCUT2D eigenvalue weighted by Crippen LogP contribution is -2.20. The van der Waals surface area contributed by atoms with Crippen LogP contribution in [0.4, 0.5) is 19.0 Å². The minimum Gasteiger partial charge on any atom is -0.370 e. The van der Waals surface area contributed by atoms with Gasteiger partial charge >= 0.3 is 6.18 Å². The van der Waals surface area contributed by atoms with E-state index in [2.05, 4.69) is 10.3 Å².